The quantitative estimate of drug-likeness (QED) is 0.822. The van der Waals surface area contributed by atoms with E-state index in [0.717, 1.165) is 26.2 Å². The molecule has 2 aliphatic heterocycles. The first-order valence-electron chi connectivity index (χ1n) is 9.08. The number of ether oxygens (including phenoxy) is 2. The number of benzene rings is 1. The molecular formula is C18H25ClN6O2. The summed E-state index contributed by atoms with van der Waals surface area (Å²) in [5, 5.41) is 3.34. The molecule has 146 valence electrons. The molecule has 3 heterocycles. The van der Waals surface area contributed by atoms with Gasteiger partial charge in [-0.15, -0.1) is 12.4 Å². The van der Waals surface area contributed by atoms with Gasteiger partial charge < -0.3 is 24.6 Å². The van der Waals surface area contributed by atoms with Crippen molar-refractivity contribution in [3.8, 4) is 0 Å². The van der Waals surface area contributed by atoms with Crippen LogP contribution in [0.5, 0.6) is 0 Å². The van der Waals surface area contributed by atoms with Crippen molar-refractivity contribution in [2.24, 2.45) is 0 Å². The van der Waals surface area contributed by atoms with Crippen molar-refractivity contribution in [3.05, 3.63) is 35.9 Å². The molecule has 1 N–H and O–H groups in total. The Bertz CT molecular complexity index is 672. The summed E-state index contributed by atoms with van der Waals surface area (Å²) in [4.78, 5) is 18.3. The lowest BCUT2D eigenvalue weighted by molar-refractivity contribution is 0.121. The van der Waals surface area contributed by atoms with Gasteiger partial charge in [0.25, 0.3) is 0 Å². The fourth-order valence-electron chi connectivity index (χ4n) is 3.02. The predicted molar refractivity (Wildman–Crippen MR) is 107 cm³/mol. The fourth-order valence-corrected chi connectivity index (χ4v) is 3.02. The van der Waals surface area contributed by atoms with Crippen molar-refractivity contribution in [2.45, 2.75) is 6.54 Å². The molecule has 0 amide bonds. The summed E-state index contributed by atoms with van der Waals surface area (Å²) in [6.45, 7) is 6.66. The van der Waals surface area contributed by atoms with E-state index in [-0.39, 0.29) is 12.4 Å². The van der Waals surface area contributed by atoms with Crippen LogP contribution in [0.1, 0.15) is 5.56 Å². The van der Waals surface area contributed by atoms with Gasteiger partial charge in [0.1, 0.15) is 0 Å². The summed E-state index contributed by atoms with van der Waals surface area (Å²) in [5.74, 6) is 2.02. The lowest BCUT2D eigenvalue weighted by Crippen LogP contribution is -2.40. The summed E-state index contributed by atoms with van der Waals surface area (Å²) >= 11 is 0. The maximum Gasteiger partial charge on any atom is 0.232 e. The van der Waals surface area contributed by atoms with Gasteiger partial charge in [0.05, 0.1) is 26.4 Å². The molecule has 9 heteroatoms. The highest BCUT2D eigenvalue weighted by molar-refractivity contribution is 5.85. The van der Waals surface area contributed by atoms with E-state index >= 15 is 0 Å². The molecule has 2 saturated heterocycles. The lowest BCUT2D eigenvalue weighted by atomic mass is 10.2. The van der Waals surface area contributed by atoms with Crippen LogP contribution < -0.4 is 15.1 Å². The van der Waals surface area contributed by atoms with E-state index in [1.54, 1.807) is 0 Å². The maximum absolute atomic E-state index is 5.45. The number of rotatable bonds is 5. The third-order valence-corrected chi connectivity index (χ3v) is 4.49. The van der Waals surface area contributed by atoms with Crippen molar-refractivity contribution in [1.29, 1.82) is 0 Å². The smallest absolute Gasteiger partial charge is 0.232 e. The first-order valence-corrected chi connectivity index (χ1v) is 9.08. The number of morpholine rings is 2. The van der Waals surface area contributed by atoms with E-state index in [4.69, 9.17) is 14.5 Å². The van der Waals surface area contributed by atoms with Gasteiger partial charge in [-0.05, 0) is 5.56 Å². The number of aromatic nitrogens is 3. The van der Waals surface area contributed by atoms with Gasteiger partial charge in [-0.3, -0.25) is 0 Å². The maximum atomic E-state index is 5.45. The van der Waals surface area contributed by atoms with E-state index in [2.05, 4.69) is 37.2 Å². The Kier molecular flexibility index (Phi) is 7.03. The summed E-state index contributed by atoms with van der Waals surface area (Å²) in [6, 6.07) is 10.2. The molecule has 0 bridgehead atoms. The Labute approximate surface area is 165 Å². The molecule has 0 saturated carbocycles. The van der Waals surface area contributed by atoms with Gasteiger partial charge in [0, 0.05) is 32.7 Å². The number of anilines is 3. The average molecular weight is 393 g/mol. The second kappa shape index (κ2) is 9.68. The molecule has 0 atom stereocenters. The first-order chi connectivity index (χ1) is 12.9. The molecule has 1 aromatic carbocycles. The van der Waals surface area contributed by atoms with Crippen LogP contribution >= 0.6 is 12.4 Å². The third kappa shape index (κ3) is 5.18. The van der Waals surface area contributed by atoms with Crippen molar-refractivity contribution in [2.75, 3.05) is 67.7 Å². The van der Waals surface area contributed by atoms with Crippen molar-refractivity contribution < 1.29 is 9.47 Å². The number of hydrogen-bond donors (Lipinski definition) is 1. The molecular weight excluding hydrogens is 368 g/mol. The zero-order valence-electron chi connectivity index (χ0n) is 15.2. The van der Waals surface area contributed by atoms with Crippen LogP contribution in [-0.2, 0) is 16.0 Å². The molecule has 0 aliphatic carbocycles. The largest absolute Gasteiger partial charge is 0.378 e. The Balaban J connectivity index is 0.00000210. The molecule has 0 spiro atoms. The minimum atomic E-state index is 0. The Morgan fingerprint density at radius 3 is 1.81 bits per heavy atom. The van der Waals surface area contributed by atoms with Gasteiger partial charge in [-0.2, -0.15) is 15.0 Å². The second-order valence-electron chi connectivity index (χ2n) is 6.30. The standard InChI is InChI=1S/C18H24N6O2.ClH/c1-2-4-15(5-3-1)14-19-16-20-17(23-6-10-25-11-7-23)22-18(21-16)24-8-12-26-13-9-24;/h1-5H,6-14H2,(H,19,20,21,22);1H. The SMILES string of the molecule is Cl.c1ccc(CNc2nc(N3CCOCC3)nc(N3CCOCC3)n2)cc1. The normalized spacial score (nSPS) is 17.3. The van der Waals surface area contributed by atoms with E-state index in [9.17, 15) is 0 Å². The number of halogens is 1. The monoisotopic (exact) mass is 392 g/mol. The van der Waals surface area contributed by atoms with Crippen molar-refractivity contribution in [3.63, 3.8) is 0 Å². The molecule has 2 fully saturated rings. The summed E-state index contributed by atoms with van der Waals surface area (Å²) in [7, 11) is 0. The van der Waals surface area contributed by atoms with Gasteiger partial charge in [0.2, 0.25) is 17.8 Å². The number of nitrogens with zero attached hydrogens (tertiary/aromatic N) is 5. The highest BCUT2D eigenvalue weighted by Gasteiger charge is 2.20. The molecule has 8 nitrogen and oxygen atoms in total. The van der Waals surface area contributed by atoms with Gasteiger partial charge in [-0.1, -0.05) is 30.3 Å². The molecule has 4 rings (SSSR count). The van der Waals surface area contributed by atoms with Crippen molar-refractivity contribution in [1.82, 2.24) is 15.0 Å². The van der Waals surface area contributed by atoms with Crippen molar-refractivity contribution >= 4 is 30.3 Å². The Morgan fingerprint density at radius 2 is 1.30 bits per heavy atom. The molecule has 2 aromatic rings. The van der Waals surface area contributed by atoms with Crippen LogP contribution in [0.4, 0.5) is 17.8 Å². The van der Waals surface area contributed by atoms with Crippen LogP contribution in [0.15, 0.2) is 30.3 Å². The second-order valence-corrected chi connectivity index (χ2v) is 6.30. The first kappa shape index (κ1) is 19.6. The zero-order valence-corrected chi connectivity index (χ0v) is 16.0. The lowest BCUT2D eigenvalue weighted by Gasteiger charge is -2.30. The van der Waals surface area contributed by atoms with Gasteiger partial charge in [-0.25, -0.2) is 0 Å². The van der Waals surface area contributed by atoms with Crippen LogP contribution in [0, 0.1) is 0 Å². The minimum absolute atomic E-state index is 0. The fraction of sp³-hybridized carbons (Fsp3) is 0.500. The topological polar surface area (TPSA) is 75.6 Å². The van der Waals surface area contributed by atoms with E-state index in [1.165, 1.54) is 5.56 Å². The number of nitrogens with one attached hydrogen (secondary N) is 1. The van der Waals surface area contributed by atoms with E-state index < -0.39 is 0 Å². The van der Waals surface area contributed by atoms with Crippen LogP contribution in [0.25, 0.3) is 0 Å². The van der Waals surface area contributed by atoms with Gasteiger partial charge >= 0.3 is 0 Å². The highest BCUT2D eigenvalue weighted by atomic mass is 35.5. The van der Waals surface area contributed by atoms with Crippen LogP contribution in [0.3, 0.4) is 0 Å². The number of hydrogen-bond acceptors (Lipinski definition) is 8. The molecule has 1 aromatic heterocycles. The summed E-state index contributed by atoms with van der Waals surface area (Å²) in [6.07, 6.45) is 0. The van der Waals surface area contributed by atoms with E-state index in [0.29, 0.717) is 50.8 Å². The van der Waals surface area contributed by atoms with Gasteiger partial charge in [0.15, 0.2) is 0 Å². The van der Waals surface area contributed by atoms with E-state index in [1.807, 2.05) is 18.2 Å². The molecule has 0 unspecified atom stereocenters. The third-order valence-electron chi connectivity index (χ3n) is 4.49. The molecule has 27 heavy (non-hydrogen) atoms. The van der Waals surface area contributed by atoms with Crippen LogP contribution in [0.2, 0.25) is 0 Å². The summed E-state index contributed by atoms with van der Waals surface area (Å²) in [5.41, 5.74) is 1.19. The Hall–Kier alpha value is -2.16. The highest BCUT2D eigenvalue weighted by Crippen LogP contribution is 2.19. The minimum Gasteiger partial charge on any atom is -0.378 e. The molecule has 0 radical (unpaired) electrons. The summed E-state index contributed by atoms with van der Waals surface area (Å²) < 4.78 is 10.9. The Morgan fingerprint density at radius 1 is 0.778 bits per heavy atom. The zero-order chi connectivity index (χ0) is 17.6. The predicted octanol–water partition coefficient (Wildman–Crippen LogP) is 1.58. The van der Waals surface area contributed by atoms with Crippen LogP contribution in [-0.4, -0.2) is 67.6 Å². The average Bonchev–Trinajstić information content (AvgIpc) is 2.74. The molecule has 2 aliphatic rings.